The molecule has 76 valence electrons. The molecule has 0 radical (unpaired) electrons. The Kier molecular flexibility index (Phi) is 2.91. The minimum absolute atomic E-state index is 0.0781. The molecule has 0 N–H and O–H groups in total. The van der Waals surface area contributed by atoms with Crippen molar-refractivity contribution in [3.63, 3.8) is 0 Å². The molecular formula is C10H15N3O. The molecule has 4 heteroatoms. The minimum atomic E-state index is 0.0781. The molecule has 1 aliphatic rings. The number of aromatic nitrogens is 3. The van der Waals surface area contributed by atoms with Gasteiger partial charge in [0.25, 0.3) is 0 Å². The molecule has 0 amide bonds. The van der Waals surface area contributed by atoms with Crippen LogP contribution >= 0.6 is 0 Å². The summed E-state index contributed by atoms with van der Waals surface area (Å²) in [6.07, 6.45) is 9.77. The molecule has 4 nitrogen and oxygen atoms in total. The van der Waals surface area contributed by atoms with Crippen molar-refractivity contribution in [2.45, 2.75) is 38.5 Å². The first-order chi connectivity index (χ1) is 6.86. The maximum absolute atomic E-state index is 11.6. The van der Waals surface area contributed by atoms with Gasteiger partial charge in [0.05, 0.1) is 0 Å². The molecule has 1 fully saturated rings. The van der Waals surface area contributed by atoms with Crippen molar-refractivity contribution in [1.29, 1.82) is 0 Å². The zero-order valence-electron chi connectivity index (χ0n) is 8.22. The Balaban J connectivity index is 1.87. The van der Waals surface area contributed by atoms with Crippen LogP contribution in [0.1, 0.15) is 43.3 Å². The summed E-state index contributed by atoms with van der Waals surface area (Å²) in [5.74, 6) is 0.648. The van der Waals surface area contributed by atoms with Gasteiger partial charge in [0, 0.05) is 6.42 Å². The van der Waals surface area contributed by atoms with Crippen LogP contribution in [0.15, 0.2) is 12.7 Å². The largest absolute Gasteiger partial charge is 0.273 e. The first-order valence-corrected chi connectivity index (χ1v) is 5.24. The van der Waals surface area contributed by atoms with Gasteiger partial charge in [0.1, 0.15) is 12.7 Å². The average molecular weight is 193 g/mol. The normalized spacial score (nSPS) is 18.3. The third kappa shape index (κ3) is 2.19. The van der Waals surface area contributed by atoms with Crippen LogP contribution in [0.3, 0.4) is 0 Å². The quantitative estimate of drug-likeness (QED) is 0.720. The molecule has 0 aromatic carbocycles. The topological polar surface area (TPSA) is 47.8 Å². The number of carbonyl (C=O) groups excluding carboxylic acids is 1. The van der Waals surface area contributed by atoms with E-state index < -0.39 is 0 Å². The SMILES string of the molecule is O=C(CC1CCCCC1)n1cncn1. The summed E-state index contributed by atoms with van der Waals surface area (Å²) in [5, 5.41) is 3.84. The molecule has 0 aliphatic heterocycles. The van der Waals surface area contributed by atoms with Gasteiger partial charge in [0.2, 0.25) is 5.91 Å². The van der Waals surface area contributed by atoms with Crippen molar-refractivity contribution < 1.29 is 4.79 Å². The summed E-state index contributed by atoms with van der Waals surface area (Å²) in [6, 6.07) is 0. The van der Waals surface area contributed by atoms with Gasteiger partial charge in [-0.1, -0.05) is 19.3 Å². The number of hydrogen-bond donors (Lipinski definition) is 0. The summed E-state index contributed by atoms with van der Waals surface area (Å²) in [4.78, 5) is 15.4. The smallest absolute Gasteiger partial charge is 0.248 e. The standard InChI is InChI=1S/C10H15N3O/c14-10(13-8-11-7-12-13)6-9-4-2-1-3-5-9/h7-9H,1-6H2. The first-order valence-electron chi connectivity index (χ1n) is 5.24. The van der Waals surface area contributed by atoms with Crippen LogP contribution in [0.4, 0.5) is 0 Å². The summed E-state index contributed by atoms with van der Waals surface area (Å²) in [7, 11) is 0. The van der Waals surface area contributed by atoms with E-state index in [2.05, 4.69) is 10.1 Å². The first kappa shape index (κ1) is 9.37. The molecular weight excluding hydrogens is 178 g/mol. The fourth-order valence-corrected chi connectivity index (χ4v) is 2.07. The highest BCUT2D eigenvalue weighted by Gasteiger charge is 2.17. The molecule has 14 heavy (non-hydrogen) atoms. The van der Waals surface area contributed by atoms with Crippen molar-refractivity contribution in [2.24, 2.45) is 5.92 Å². The van der Waals surface area contributed by atoms with Gasteiger partial charge in [-0.25, -0.2) is 4.98 Å². The second-order valence-corrected chi connectivity index (χ2v) is 3.94. The highest BCUT2D eigenvalue weighted by molar-refractivity contribution is 5.77. The third-order valence-electron chi connectivity index (χ3n) is 2.86. The van der Waals surface area contributed by atoms with Gasteiger partial charge in [-0.15, -0.1) is 0 Å². The van der Waals surface area contributed by atoms with E-state index in [1.807, 2.05) is 0 Å². The van der Waals surface area contributed by atoms with Gasteiger partial charge in [-0.3, -0.25) is 4.79 Å². The fourth-order valence-electron chi connectivity index (χ4n) is 2.07. The Morgan fingerprint density at radius 3 is 2.79 bits per heavy atom. The summed E-state index contributed by atoms with van der Waals surface area (Å²) >= 11 is 0. The summed E-state index contributed by atoms with van der Waals surface area (Å²) < 4.78 is 1.34. The van der Waals surface area contributed by atoms with E-state index >= 15 is 0 Å². The van der Waals surface area contributed by atoms with Gasteiger partial charge < -0.3 is 0 Å². The van der Waals surface area contributed by atoms with Gasteiger partial charge in [0.15, 0.2) is 0 Å². The number of carbonyl (C=O) groups is 1. The van der Waals surface area contributed by atoms with Crippen LogP contribution in [-0.4, -0.2) is 20.7 Å². The molecule has 1 aromatic rings. The van der Waals surface area contributed by atoms with E-state index in [9.17, 15) is 4.79 Å². The van der Waals surface area contributed by atoms with E-state index in [0.717, 1.165) is 0 Å². The zero-order valence-corrected chi connectivity index (χ0v) is 8.22. The van der Waals surface area contributed by atoms with Crippen molar-refractivity contribution in [2.75, 3.05) is 0 Å². The minimum Gasteiger partial charge on any atom is -0.273 e. The monoisotopic (exact) mass is 193 g/mol. The molecule has 1 aromatic heterocycles. The Morgan fingerprint density at radius 2 is 2.14 bits per heavy atom. The van der Waals surface area contributed by atoms with Crippen LogP contribution < -0.4 is 0 Å². The molecule has 0 atom stereocenters. The lowest BCUT2D eigenvalue weighted by Crippen LogP contribution is -2.17. The lowest BCUT2D eigenvalue weighted by Gasteiger charge is -2.20. The Morgan fingerprint density at radius 1 is 1.36 bits per heavy atom. The third-order valence-corrected chi connectivity index (χ3v) is 2.86. The summed E-state index contributed by atoms with van der Waals surface area (Å²) in [6.45, 7) is 0. The highest BCUT2D eigenvalue weighted by Crippen LogP contribution is 2.26. The van der Waals surface area contributed by atoms with Crippen LogP contribution in [0.5, 0.6) is 0 Å². The van der Waals surface area contributed by atoms with E-state index in [1.165, 1.54) is 49.4 Å². The Hall–Kier alpha value is -1.19. The predicted octanol–water partition coefficient (Wildman–Crippen LogP) is 1.89. The summed E-state index contributed by atoms with van der Waals surface area (Å²) in [5.41, 5.74) is 0. The molecule has 1 aliphatic carbocycles. The second-order valence-electron chi connectivity index (χ2n) is 3.94. The number of hydrogen-bond acceptors (Lipinski definition) is 3. The fraction of sp³-hybridized carbons (Fsp3) is 0.700. The average Bonchev–Trinajstić information content (AvgIpc) is 2.72. The van der Waals surface area contributed by atoms with E-state index in [-0.39, 0.29) is 5.91 Å². The lowest BCUT2D eigenvalue weighted by atomic mass is 9.87. The van der Waals surface area contributed by atoms with E-state index in [1.54, 1.807) is 0 Å². The lowest BCUT2D eigenvalue weighted by molar-refractivity contribution is 0.0851. The Labute approximate surface area is 83.3 Å². The molecule has 0 unspecified atom stereocenters. The van der Waals surface area contributed by atoms with Crippen LogP contribution in [0, 0.1) is 5.92 Å². The zero-order chi connectivity index (χ0) is 9.80. The second kappa shape index (κ2) is 4.35. The van der Waals surface area contributed by atoms with Gasteiger partial charge in [-0.05, 0) is 18.8 Å². The molecule has 2 rings (SSSR count). The van der Waals surface area contributed by atoms with Crippen LogP contribution in [0.25, 0.3) is 0 Å². The van der Waals surface area contributed by atoms with Crippen molar-refractivity contribution in [1.82, 2.24) is 14.8 Å². The molecule has 0 bridgehead atoms. The van der Waals surface area contributed by atoms with Gasteiger partial charge >= 0.3 is 0 Å². The maximum Gasteiger partial charge on any atom is 0.248 e. The molecule has 1 heterocycles. The number of rotatable bonds is 2. The molecule has 1 saturated carbocycles. The highest BCUT2D eigenvalue weighted by atomic mass is 16.2. The van der Waals surface area contributed by atoms with Crippen molar-refractivity contribution in [3.8, 4) is 0 Å². The molecule has 0 saturated heterocycles. The number of nitrogens with zero attached hydrogens (tertiary/aromatic N) is 3. The molecule has 0 spiro atoms. The van der Waals surface area contributed by atoms with Crippen LogP contribution in [-0.2, 0) is 0 Å². The van der Waals surface area contributed by atoms with E-state index in [0.29, 0.717) is 12.3 Å². The van der Waals surface area contributed by atoms with Crippen molar-refractivity contribution >= 4 is 5.91 Å². The van der Waals surface area contributed by atoms with Gasteiger partial charge in [-0.2, -0.15) is 9.78 Å². The van der Waals surface area contributed by atoms with Crippen LogP contribution in [0.2, 0.25) is 0 Å². The predicted molar refractivity (Wildman–Crippen MR) is 51.8 cm³/mol. The Bertz CT molecular complexity index is 288. The van der Waals surface area contributed by atoms with Crippen molar-refractivity contribution in [3.05, 3.63) is 12.7 Å². The van der Waals surface area contributed by atoms with E-state index in [4.69, 9.17) is 0 Å². The maximum atomic E-state index is 11.6.